The van der Waals surface area contributed by atoms with Crippen molar-refractivity contribution in [2.24, 2.45) is 5.10 Å². The quantitative estimate of drug-likeness (QED) is 0.485. The van der Waals surface area contributed by atoms with Gasteiger partial charge in [0.05, 0.1) is 5.71 Å². The molecule has 114 valence electrons. The van der Waals surface area contributed by atoms with E-state index in [-0.39, 0.29) is 5.91 Å². The normalized spacial score (nSPS) is 11.3. The van der Waals surface area contributed by atoms with Gasteiger partial charge in [0, 0.05) is 22.1 Å². The molecule has 0 aliphatic carbocycles. The van der Waals surface area contributed by atoms with Crippen molar-refractivity contribution in [1.29, 1.82) is 0 Å². The van der Waals surface area contributed by atoms with Crippen LogP contribution >= 0.6 is 23.4 Å². The first-order chi connectivity index (χ1) is 10.6. The van der Waals surface area contributed by atoms with Crippen molar-refractivity contribution < 1.29 is 4.79 Å². The molecule has 1 N–H and O–H groups in total. The Kier molecular flexibility index (Phi) is 6.49. The molecule has 0 radical (unpaired) electrons. The van der Waals surface area contributed by atoms with E-state index in [0.29, 0.717) is 11.4 Å². The van der Waals surface area contributed by atoms with E-state index < -0.39 is 0 Å². The molecule has 22 heavy (non-hydrogen) atoms. The van der Waals surface area contributed by atoms with Crippen LogP contribution in [-0.4, -0.2) is 17.4 Å². The molecule has 2 aromatic carbocycles. The van der Waals surface area contributed by atoms with Crippen LogP contribution in [-0.2, 0) is 4.79 Å². The van der Waals surface area contributed by atoms with Gasteiger partial charge in [-0.1, -0.05) is 41.9 Å². The summed E-state index contributed by atoms with van der Waals surface area (Å²) in [5.74, 6) is 0.641. The third-order valence-electron chi connectivity index (χ3n) is 2.95. The van der Waals surface area contributed by atoms with Gasteiger partial charge in [0.25, 0.3) is 0 Å². The summed E-state index contributed by atoms with van der Waals surface area (Å²) in [4.78, 5) is 12.9. The fourth-order valence-electron chi connectivity index (χ4n) is 1.74. The van der Waals surface area contributed by atoms with Gasteiger partial charge < -0.3 is 0 Å². The molecule has 0 fully saturated rings. The van der Waals surface area contributed by atoms with Gasteiger partial charge in [-0.15, -0.1) is 11.8 Å². The largest absolute Gasteiger partial charge is 0.273 e. The molecule has 0 bridgehead atoms. The first-order valence-electron chi connectivity index (χ1n) is 6.92. The minimum Gasteiger partial charge on any atom is -0.273 e. The van der Waals surface area contributed by atoms with Crippen molar-refractivity contribution >= 4 is 35.0 Å². The predicted octanol–water partition coefficient (Wildman–Crippen LogP) is 4.36. The summed E-state index contributed by atoms with van der Waals surface area (Å²) >= 11 is 7.50. The number of carbonyl (C=O) groups excluding carboxylic acids is 1. The van der Waals surface area contributed by atoms with Gasteiger partial charge in [0.1, 0.15) is 0 Å². The Morgan fingerprint density at radius 3 is 2.50 bits per heavy atom. The van der Waals surface area contributed by atoms with Crippen molar-refractivity contribution in [3.8, 4) is 0 Å². The Morgan fingerprint density at radius 2 is 1.82 bits per heavy atom. The maximum atomic E-state index is 11.8. The van der Waals surface area contributed by atoms with Crippen molar-refractivity contribution in [3.05, 3.63) is 65.2 Å². The first-order valence-corrected chi connectivity index (χ1v) is 8.28. The van der Waals surface area contributed by atoms with Gasteiger partial charge in [0.15, 0.2) is 0 Å². The summed E-state index contributed by atoms with van der Waals surface area (Å²) in [5.41, 5.74) is 4.27. The topological polar surface area (TPSA) is 41.5 Å². The Bertz CT molecular complexity index is 641. The van der Waals surface area contributed by atoms with E-state index in [2.05, 4.69) is 10.5 Å². The molecule has 1 amide bonds. The summed E-state index contributed by atoms with van der Waals surface area (Å²) in [6, 6.07) is 17.4. The van der Waals surface area contributed by atoms with Gasteiger partial charge in [0.2, 0.25) is 5.91 Å². The number of nitrogens with one attached hydrogen (secondary N) is 1. The lowest BCUT2D eigenvalue weighted by atomic mass is 10.1. The monoisotopic (exact) mass is 332 g/mol. The Hall–Kier alpha value is -1.78. The second-order valence-electron chi connectivity index (χ2n) is 4.65. The molecule has 0 unspecified atom stereocenters. The molecule has 0 spiro atoms. The van der Waals surface area contributed by atoms with Gasteiger partial charge in [-0.3, -0.25) is 4.79 Å². The fourth-order valence-corrected chi connectivity index (χ4v) is 2.73. The van der Waals surface area contributed by atoms with Crippen LogP contribution in [0.15, 0.2) is 64.6 Å². The summed E-state index contributed by atoms with van der Waals surface area (Å²) in [6.45, 7) is 1.85. The van der Waals surface area contributed by atoms with Gasteiger partial charge in [-0.2, -0.15) is 5.10 Å². The molecule has 0 aromatic heterocycles. The lowest BCUT2D eigenvalue weighted by Gasteiger charge is -2.03. The molecule has 2 aromatic rings. The van der Waals surface area contributed by atoms with Gasteiger partial charge in [-0.05, 0) is 36.8 Å². The first kappa shape index (κ1) is 16.6. The number of nitrogens with zero attached hydrogens (tertiary/aromatic N) is 1. The number of hydrogen-bond donors (Lipinski definition) is 1. The number of amides is 1. The van der Waals surface area contributed by atoms with Crippen molar-refractivity contribution in [2.45, 2.75) is 18.2 Å². The highest BCUT2D eigenvalue weighted by Gasteiger charge is 2.02. The zero-order valence-corrected chi connectivity index (χ0v) is 13.8. The van der Waals surface area contributed by atoms with Crippen LogP contribution in [0.5, 0.6) is 0 Å². The zero-order chi connectivity index (χ0) is 15.8. The van der Waals surface area contributed by atoms with E-state index in [1.54, 1.807) is 23.9 Å². The zero-order valence-electron chi connectivity index (χ0n) is 12.3. The second-order valence-corrected chi connectivity index (χ2v) is 6.26. The number of thioether (sulfide) groups is 1. The third kappa shape index (κ3) is 5.54. The molecule has 0 atom stereocenters. The molecular formula is C17H17ClN2OS. The van der Waals surface area contributed by atoms with E-state index >= 15 is 0 Å². The van der Waals surface area contributed by atoms with Crippen LogP contribution in [0.25, 0.3) is 0 Å². The molecule has 2 rings (SSSR count). The number of hydrazone groups is 1. The highest BCUT2D eigenvalue weighted by molar-refractivity contribution is 7.99. The van der Waals surface area contributed by atoms with Crippen LogP contribution in [0.2, 0.25) is 5.02 Å². The van der Waals surface area contributed by atoms with Crippen molar-refractivity contribution in [1.82, 2.24) is 5.43 Å². The lowest BCUT2D eigenvalue weighted by molar-refractivity contribution is -0.120. The Balaban J connectivity index is 1.77. The maximum absolute atomic E-state index is 11.8. The lowest BCUT2D eigenvalue weighted by Crippen LogP contribution is -2.19. The van der Waals surface area contributed by atoms with E-state index in [1.165, 1.54) is 0 Å². The molecule has 3 nitrogen and oxygen atoms in total. The minimum absolute atomic E-state index is 0.0863. The van der Waals surface area contributed by atoms with Crippen LogP contribution in [0.4, 0.5) is 0 Å². The van der Waals surface area contributed by atoms with Crippen LogP contribution < -0.4 is 5.43 Å². The van der Waals surface area contributed by atoms with Gasteiger partial charge >= 0.3 is 0 Å². The average Bonchev–Trinajstić information content (AvgIpc) is 2.54. The number of benzene rings is 2. The molecule has 0 saturated carbocycles. The fraction of sp³-hybridized carbons (Fsp3) is 0.176. The van der Waals surface area contributed by atoms with Gasteiger partial charge in [-0.25, -0.2) is 5.43 Å². The van der Waals surface area contributed by atoms with Crippen LogP contribution in [0.3, 0.4) is 0 Å². The Labute approximate surface area is 139 Å². The summed E-state index contributed by atoms with van der Waals surface area (Å²) in [7, 11) is 0. The molecule has 0 saturated heterocycles. The highest BCUT2D eigenvalue weighted by Crippen LogP contribution is 2.17. The summed E-state index contributed by atoms with van der Waals surface area (Å²) < 4.78 is 0. The Morgan fingerprint density at radius 1 is 1.14 bits per heavy atom. The smallest absolute Gasteiger partial charge is 0.240 e. The molecule has 5 heteroatoms. The van der Waals surface area contributed by atoms with Crippen molar-refractivity contribution in [3.63, 3.8) is 0 Å². The number of rotatable bonds is 6. The molecule has 0 aliphatic rings. The number of hydrogen-bond acceptors (Lipinski definition) is 3. The third-order valence-corrected chi connectivity index (χ3v) is 4.22. The molecular weight excluding hydrogens is 316 g/mol. The van der Waals surface area contributed by atoms with E-state index in [4.69, 9.17) is 11.6 Å². The van der Waals surface area contributed by atoms with E-state index in [9.17, 15) is 4.79 Å². The van der Waals surface area contributed by atoms with Crippen LogP contribution in [0.1, 0.15) is 18.9 Å². The highest BCUT2D eigenvalue weighted by atomic mass is 35.5. The summed E-state index contributed by atoms with van der Waals surface area (Å²) in [6.07, 6.45) is 0.428. The minimum atomic E-state index is -0.0863. The van der Waals surface area contributed by atoms with Crippen molar-refractivity contribution in [2.75, 3.05) is 5.75 Å². The average molecular weight is 333 g/mol. The predicted molar refractivity (Wildman–Crippen MR) is 93.6 cm³/mol. The number of carbonyl (C=O) groups is 1. The maximum Gasteiger partial charge on any atom is 0.240 e. The molecule has 0 heterocycles. The SMILES string of the molecule is C/C(=N/NC(=O)CCSc1ccccc1)c1ccc(Cl)cc1. The second kappa shape index (κ2) is 8.61. The number of halogens is 1. The van der Waals surface area contributed by atoms with E-state index in [1.807, 2.05) is 49.4 Å². The summed E-state index contributed by atoms with van der Waals surface area (Å²) in [5, 5.41) is 4.79. The van der Waals surface area contributed by atoms with E-state index in [0.717, 1.165) is 21.9 Å². The molecule has 0 aliphatic heterocycles. The van der Waals surface area contributed by atoms with Crippen LogP contribution in [0, 0.1) is 0 Å². The standard InChI is InChI=1S/C17H17ClN2OS/c1-13(14-7-9-15(18)10-8-14)19-20-17(21)11-12-22-16-5-3-2-4-6-16/h2-10H,11-12H2,1H3,(H,20,21)/b19-13-.